The lowest BCUT2D eigenvalue weighted by Crippen LogP contribution is -2.46. The van der Waals surface area contributed by atoms with Crippen molar-refractivity contribution in [3.05, 3.63) is 29.8 Å². The Kier molecular flexibility index (Phi) is 5.34. The number of nitrogens with zero attached hydrogens (tertiary/aromatic N) is 2. The normalized spacial score (nSPS) is 26.2. The third-order valence-corrected chi connectivity index (χ3v) is 7.13. The molecule has 1 aliphatic carbocycles. The Morgan fingerprint density at radius 3 is 2.44 bits per heavy atom. The van der Waals surface area contributed by atoms with Gasteiger partial charge >= 0.3 is 0 Å². The molecule has 0 unspecified atom stereocenters. The van der Waals surface area contributed by atoms with E-state index in [2.05, 4.69) is 0 Å². The van der Waals surface area contributed by atoms with Crippen LogP contribution in [-0.4, -0.2) is 55.8 Å². The molecule has 1 amide bonds. The zero-order valence-electron chi connectivity index (χ0n) is 14.6. The van der Waals surface area contributed by atoms with E-state index in [0.717, 1.165) is 32.1 Å². The highest BCUT2D eigenvalue weighted by atomic mass is 32.2. The number of rotatable bonds is 3. The first kappa shape index (κ1) is 18.2. The highest BCUT2D eigenvalue weighted by molar-refractivity contribution is 7.92. The van der Waals surface area contributed by atoms with Crippen molar-refractivity contribution in [2.24, 2.45) is 0 Å². The first-order chi connectivity index (χ1) is 11.9. The van der Waals surface area contributed by atoms with E-state index in [9.17, 15) is 18.3 Å². The van der Waals surface area contributed by atoms with Crippen LogP contribution in [0.1, 0.15) is 48.9 Å². The average Bonchev–Trinajstić information content (AvgIpc) is 2.61. The number of amides is 1. The Bertz CT molecular complexity index is 717. The number of aliphatic hydroxyl groups excluding tert-OH is 1. The molecule has 2 aliphatic rings. The number of anilines is 1. The molecule has 0 bridgehead atoms. The molecule has 7 heteroatoms. The second kappa shape index (κ2) is 7.33. The summed E-state index contributed by atoms with van der Waals surface area (Å²) in [4.78, 5) is 14.3. The Labute approximate surface area is 149 Å². The quantitative estimate of drug-likeness (QED) is 0.887. The Balaban J connectivity index is 1.74. The summed E-state index contributed by atoms with van der Waals surface area (Å²) in [5.74, 6) is 0.0368. The van der Waals surface area contributed by atoms with Crippen molar-refractivity contribution in [2.45, 2.75) is 50.7 Å². The first-order valence-corrected chi connectivity index (χ1v) is 10.6. The van der Waals surface area contributed by atoms with E-state index in [1.807, 2.05) is 0 Å². The molecule has 1 aliphatic heterocycles. The molecule has 0 radical (unpaired) electrons. The summed E-state index contributed by atoms with van der Waals surface area (Å²) in [6, 6.07) is 6.59. The summed E-state index contributed by atoms with van der Waals surface area (Å²) < 4.78 is 25.8. The topological polar surface area (TPSA) is 77.9 Å². The number of benzene rings is 1. The molecule has 25 heavy (non-hydrogen) atoms. The maximum absolute atomic E-state index is 12.7. The fraction of sp³-hybridized carbons (Fsp3) is 0.611. The van der Waals surface area contributed by atoms with Crippen molar-refractivity contribution < 1.29 is 18.3 Å². The van der Waals surface area contributed by atoms with Crippen molar-refractivity contribution in [1.82, 2.24) is 4.90 Å². The Hall–Kier alpha value is -1.60. The molecular weight excluding hydrogens is 340 g/mol. The van der Waals surface area contributed by atoms with Gasteiger partial charge in [0.15, 0.2) is 0 Å². The predicted molar refractivity (Wildman–Crippen MR) is 97.2 cm³/mol. The van der Waals surface area contributed by atoms with Crippen LogP contribution in [0.3, 0.4) is 0 Å². The van der Waals surface area contributed by atoms with Gasteiger partial charge in [0, 0.05) is 19.2 Å². The van der Waals surface area contributed by atoms with Crippen LogP contribution in [0, 0.1) is 0 Å². The monoisotopic (exact) mass is 366 g/mol. The SMILES string of the molecule is CN(C(=O)c1ccc(N2CCCCS2(=O)=O)cc1)[C@@H]1CCCC[C@H]1O. The van der Waals surface area contributed by atoms with Crippen LogP contribution < -0.4 is 4.31 Å². The summed E-state index contributed by atoms with van der Waals surface area (Å²) in [6.45, 7) is 0.490. The lowest BCUT2D eigenvalue weighted by Gasteiger charge is -2.35. The van der Waals surface area contributed by atoms with Gasteiger partial charge in [0.25, 0.3) is 5.91 Å². The van der Waals surface area contributed by atoms with E-state index in [0.29, 0.717) is 24.2 Å². The molecule has 138 valence electrons. The van der Waals surface area contributed by atoms with Crippen molar-refractivity contribution in [2.75, 3.05) is 23.7 Å². The molecule has 0 spiro atoms. The van der Waals surface area contributed by atoms with Crippen LogP contribution in [0.25, 0.3) is 0 Å². The van der Waals surface area contributed by atoms with E-state index in [4.69, 9.17) is 0 Å². The largest absolute Gasteiger partial charge is 0.391 e. The Morgan fingerprint density at radius 1 is 1.12 bits per heavy atom. The maximum Gasteiger partial charge on any atom is 0.253 e. The van der Waals surface area contributed by atoms with Gasteiger partial charge in [-0.05, 0) is 49.9 Å². The third-order valence-electron chi connectivity index (χ3n) is 5.26. The highest BCUT2D eigenvalue weighted by Gasteiger charge is 2.30. The van der Waals surface area contributed by atoms with E-state index in [-0.39, 0.29) is 17.7 Å². The molecule has 0 aromatic heterocycles. The number of carbonyl (C=O) groups is 1. The van der Waals surface area contributed by atoms with Gasteiger partial charge in [-0.2, -0.15) is 0 Å². The number of likely N-dealkylation sites (N-methyl/N-ethyl adjacent to an activating group) is 1. The molecule has 2 fully saturated rings. The summed E-state index contributed by atoms with van der Waals surface area (Å²) in [5, 5.41) is 10.1. The summed E-state index contributed by atoms with van der Waals surface area (Å²) in [7, 11) is -1.52. The van der Waals surface area contributed by atoms with Crippen molar-refractivity contribution in [3.8, 4) is 0 Å². The lowest BCUT2D eigenvalue weighted by molar-refractivity contribution is 0.0268. The lowest BCUT2D eigenvalue weighted by atomic mass is 9.91. The number of carbonyl (C=O) groups excluding carboxylic acids is 1. The minimum Gasteiger partial charge on any atom is -0.391 e. The Morgan fingerprint density at radius 2 is 1.80 bits per heavy atom. The highest BCUT2D eigenvalue weighted by Crippen LogP contribution is 2.26. The van der Waals surface area contributed by atoms with Gasteiger partial charge in [0.1, 0.15) is 0 Å². The maximum atomic E-state index is 12.7. The van der Waals surface area contributed by atoms with Crippen LogP contribution >= 0.6 is 0 Å². The van der Waals surface area contributed by atoms with Crippen LogP contribution in [-0.2, 0) is 10.0 Å². The second-order valence-electron chi connectivity index (χ2n) is 6.98. The number of aliphatic hydroxyl groups is 1. The van der Waals surface area contributed by atoms with Crippen molar-refractivity contribution >= 4 is 21.6 Å². The third kappa shape index (κ3) is 3.82. The number of hydrogen-bond acceptors (Lipinski definition) is 4. The molecule has 1 aromatic carbocycles. The summed E-state index contributed by atoms with van der Waals surface area (Å²) in [5.41, 5.74) is 1.12. The fourth-order valence-electron chi connectivity index (χ4n) is 3.75. The van der Waals surface area contributed by atoms with Crippen LogP contribution in [0.15, 0.2) is 24.3 Å². The molecule has 6 nitrogen and oxygen atoms in total. The van der Waals surface area contributed by atoms with Gasteiger partial charge in [0.05, 0.1) is 23.6 Å². The van der Waals surface area contributed by atoms with E-state index >= 15 is 0 Å². The van der Waals surface area contributed by atoms with Gasteiger partial charge in [-0.3, -0.25) is 9.10 Å². The van der Waals surface area contributed by atoms with Crippen LogP contribution in [0.5, 0.6) is 0 Å². The van der Waals surface area contributed by atoms with Crippen molar-refractivity contribution in [3.63, 3.8) is 0 Å². The predicted octanol–water partition coefficient (Wildman–Crippen LogP) is 1.99. The molecule has 1 N–H and O–H groups in total. The molecule has 3 rings (SSSR count). The van der Waals surface area contributed by atoms with Gasteiger partial charge in [-0.1, -0.05) is 12.8 Å². The van der Waals surface area contributed by atoms with Gasteiger partial charge in [-0.25, -0.2) is 8.42 Å². The van der Waals surface area contributed by atoms with Crippen molar-refractivity contribution in [1.29, 1.82) is 0 Å². The van der Waals surface area contributed by atoms with Gasteiger partial charge in [0.2, 0.25) is 10.0 Å². The molecule has 2 atom stereocenters. The molecule has 1 heterocycles. The van der Waals surface area contributed by atoms with E-state index in [1.54, 1.807) is 36.2 Å². The fourth-order valence-corrected chi connectivity index (χ4v) is 5.39. The first-order valence-electron chi connectivity index (χ1n) is 8.96. The minimum absolute atomic E-state index is 0.140. The standard InChI is InChI=1S/C18H26N2O4S/c1-19(16-6-2-3-7-17(16)21)18(22)14-8-10-15(11-9-14)20-12-4-5-13-25(20,23)24/h8-11,16-17,21H,2-7,12-13H2,1H3/t16-,17-/m1/s1. The molecular formula is C18H26N2O4S. The van der Waals surface area contributed by atoms with Gasteiger partial charge in [-0.15, -0.1) is 0 Å². The number of sulfonamides is 1. The summed E-state index contributed by atoms with van der Waals surface area (Å²) >= 11 is 0. The van der Waals surface area contributed by atoms with Crippen LogP contribution in [0.4, 0.5) is 5.69 Å². The number of hydrogen-bond donors (Lipinski definition) is 1. The summed E-state index contributed by atoms with van der Waals surface area (Å²) in [6.07, 6.45) is 4.64. The second-order valence-corrected chi connectivity index (χ2v) is 8.99. The molecule has 1 saturated heterocycles. The molecule has 1 aromatic rings. The zero-order chi connectivity index (χ0) is 18.0. The minimum atomic E-state index is -3.25. The zero-order valence-corrected chi connectivity index (χ0v) is 15.4. The molecule has 1 saturated carbocycles. The van der Waals surface area contributed by atoms with E-state index in [1.165, 1.54) is 4.31 Å². The smallest absolute Gasteiger partial charge is 0.253 e. The van der Waals surface area contributed by atoms with Gasteiger partial charge < -0.3 is 10.0 Å². The average molecular weight is 366 g/mol. The van der Waals surface area contributed by atoms with Crippen LogP contribution in [0.2, 0.25) is 0 Å². The van der Waals surface area contributed by atoms with E-state index < -0.39 is 16.1 Å².